The predicted molar refractivity (Wildman–Crippen MR) is 121 cm³/mol. The van der Waals surface area contributed by atoms with E-state index in [0.29, 0.717) is 25.4 Å². The Bertz CT molecular complexity index is 761. The topological polar surface area (TPSA) is 49.4 Å². The Morgan fingerprint density at radius 1 is 0.967 bits per heavy atom. The molecule has 0 unspecified atom stereocenters. The van der Waals surface area contributed by atoms with Crippen molar-refractivity contribution in [3.8, 4) is 0 Å². The largest absolute Gasteiger partial charge is 0.356 e. The molecule has 160 valence electrons. The van der Waals surface area contributed by atoms with E-state index in [0.717, 1.165) is 25.8 Å². The highest BCUT2D eigenvalue weighted by atomic mass is 16.2. The summed E-state index contributed by atoms with van der Waals surface area (Å²) in [5.41, 5.74) is 2.52. The van der Waals surface area contributed by atoms with E-state index < -0.39 is 0 Å². The molecule has 0 saturated heterocycles. The Balaban J connectivity index is 1.50. The van der Waals surface area contributed by atoms with Crippen LogP contribution in [0.25, 0.3) is 0 Å². The second kappa shape index (κ2) is 11.0. The van der Waals surface area contributed by atoms with Gasteiger partial charge in [0.15, 0.2) is 0 Å². The van der Waals surface area contributed by atoms with Crippen LogP contribution in [0.3, 0.4) is 0 Å². The highest BCUT2D eigenvalue weighted by Crippen LogP contribution is 2.31. The van der Waals surface area contributed by atoms with E-state index in [1.807, 2.05) is 17.0 Å². The fourth-order valence-corrected chi connectivity index (χ4v) is 3.90. The molecule has 1 saturated carbocycles. The molecule has 30 heavy (non-hydrogen) atoms. The van der Waals surface area contributed by atoms with Crippen molar-refractivity contribution in [1.82, 2.24) is 10.2 Å². The Kier molecular flexibility index (Phi) is 8.06. The third-order valence-corrected chi connectivity index (χ3v) is 5.59. The summed E-state index contributed by atoms with van der Waals surface area (Å²) in [6, 6.07) is 20.9. The highest BCUT2D eigenvalue weighted by Gasteiger charge is 2.33. The lowest BCUT2D eigenvalue weighted by Gasteiger charge is -2.24. The van der Waals surface area contributed by atoms with E-state index in [-0.39, 0.29) is 23.7 Å². The minimum atomic E-state index is 0.0206. The highest BCUT2D eigenvalue weighted by molar-refractivity contribution is 5.82. The number of nitrogens with zero attached hydrogens (tertiary/aromatic N) is 1. The summed E-state index contributed by atoms with van der Waals surface area (Å²) in [7, 11) is 0. The van der Waals surface area contributed by atoms with Gasteiger partial charge in [-0.25, -0.2) is 0 Å². The van der Waals surface area contributed by atoms with Crippen molar-refractivity contribution >= 4 is 11.8 Å². The van der Waals surface area contributed by atoms with Gasteiger partial charge in [-0.05, 0) is 36.3 Å². The molecule has 0 spiro atoms. The van der Waals surface area contributed by atoms with Crippen LogP contribution in [0.5, 0.6) is 0 Å². The number of carbonyl (C=O) groups is 2. The molecule has 2 aromatic rings. The Morgan fingerprint density at radius 3 is 2.03 bits per heavy atom. The second-order valence-corrected chi connectivity index (χ2v) is 8.71. The molecule has 1 aliphatic rings. The van der Waals surface area contributed by atoms with Gasteiger partial charge in [-0.15, -0.1) is 0 Å². The van der Waals surface area contributed by atoms with E-state index in [4.69, 9.17) is 0 Å². The zero-order chi connectivity index (χ0) is 21.3. The lowest BCUT2D eigenvalue weighted by molar-refractivity contribution is -0.133. The van der Waals surface area contributed by atoms with E-state index in [2.05, 4.69) is 67.7 Å². The van der Waals surface area contributed by atoms with Crippen LogP contribution in [0.2, 0.25) is 0 Å². The number of hydrogen-bond donors (Lipinski definition) is 1. The van der Waals surface area contributed by atoms with Crippen molar-refractivity contribution in [2.75, 3.05) is 19.6 Å². The van der Waals surface area contributed by atoms with Crippen LogP contribution < -0.4 is 5.32 Å². The average molecular weight is 407 g/mol. The predicted octanol–water partition coefficient (Wildman–Crippen LogP) is 4.61. The number of hydrogen-bond acceptors (Lipinski definition) is 2. The molecular formula is C26H34N2O2. The zero-order valence-electron chi connectivity index (χ0n) is 18.2. The van der Waals surface area contributed by atoms with Crippen LogP contribution in [0, 0.1) is 11.8 Å². The SMILES string of the molecule is CC(C)CN(CCC(=O)NCCC(c1ccccc1)c1ccccc1)C(=O)C1CC1. The van der Waals surface area contributed by atoms with E-state index in [1.165, 1.54) is 11.1 Å². The van der Waals surface area contributed by atoms with Crippen LogP contribution >= 0.6 is 0 Å². The van der Waals surface area contributed by atoms with E-state index in [9.17, 15) is 9.59 Å². The van der Waals surface area contributed by atoms with Gasteiger partial charge in [-0.3, -0.25) is 9.59 Å². The minimum absolute atomic E-state index is 0.0206. The first kappa shape index (κ1) is 22.1. The molecule has 1 fully saturated rings. The van der Waals surface area contributed by atoms with E-state index in [1.54, 1.807) is 0 Å². The Morgan fingerprint density at radius 2 is 1.53 bits per heavy atom. The fourth-order valence-electron chi connectivity index (χ4n) is 3.90. The van der Waals surface area contributed by atoms with Crippen molar-refractivity contribution in [3.63, 3.8) is 0 Å². The van der Waals surface area contributed by atoms with Gasteiger partial charge in [-0.2, -0.15) is 0 Å². The number of benzene rings is 2. The van der Waals surface area contributed by atoms with Crippen LogP contribution in [0.15, 0.2) is 60.7 Å². The molecule has 2 aromatic carbocycles. The molecule has 3 rings (SSSR count). The van der Waals surface area contributed by atoms with Gasteiger partial charge in [0.05, 0.1) is 0 Å². The fraction of sp³-hybridized carbons (Fsp3) is 0.462. The van der Waals surface area contributed by atoms with Crippen LogP contribution in [-0.4, -0.2) is 36.3 Å². The van der Waals surface area contributed by atoms with Gasteiger partial charge in [0, 0.05) is 37.9 Å². The Hall–Kier alpha value is -2.62. The first-order chi connectivity index (χ1) is 14.5. The monoisotopic (exact) mass is 406 g/mol. The first-order valence-corrected chi connectivity index (χ1v) is 11.2. The summed E-state index contributed by atoms with van der Waals surface area (Å²) < 4.78 is 0. The van der Waals surface area contributed by atoms with Gasteiger partial charge in [0.1, 0.15) is 0 Å². The number of carbonyl (C=O) groups excluding carboxylic acids is 2. The van der Waals surface area contributed by atoms with Gasteiger partial charge < -0.3 is 10.2 Å². The van der Waals surface area contributed by atoms with Gasteiger partial charge in [0.2, 0.25) is 11.8 Å². The van der Waals surface area contributed by atoms with Crippen molar-refractivity contribution < 1.29 is 9.59 Å². The van der Waals surface area contributed by atoms with Crippen molar-refractivity contribution in [3.05, 3.63) is 71.8 Å². The summed E-state index contributed by atoms with van der Waals surface area (Å²) >= 11 is 0. The summed E-state index contributed by atoms with van der Waals surface area (Å²) in [4.78, 5) is 26.8. The van der Waals surface area contributed by atoms with Crippen LogP contribution in [-0.2, 0) is 9.59 Å². The first-order valence-electron chi connectivity index (χ1n) is 11.2. The van der Waals surface area contributed by atoms with Crippen molar-refractivity contribution in [2.24, 2.45) is 11.8 Å². The second-order valence-electron chi connectivity index (χ2n) is 8.71. The minimum Gasteiger partial charge on any atom is -0.356 e. The van der Waals surface area contributed by atoms with Crippen molar-refractivity contribution in [2.45, 2.75) is 45.4 Å². The number of nitrogens with one attached hydrogen (secondary N) is 1. The maximum Gasteiger partial charge on any atom is 0.225 e. The van der Waals surface area contributed by atoms with Gasteiger partial charge in [0.25, 0.3) is 0 Å². The number of rotatable bonds is 11. The molecule has 1 N–H and O–H groups in total. The van der Waals surface area contributed by atoms with Gasteiger partial charge in [-0.1, -0.05) is 74.5 Å². The third-order valence-electron chi connectivity index (χ3n) is 5.59. The molecule has 0 heterocycles. The molecule has 0 aromatic heterocycles. The lowest BCUT2D eigenvalue weighted by atomic mass is 9.88. The molecule has 4 nitrogen and oxygen atoms in total. The Labute approximate surface area is 180 Å². The van der Waals surface area contributed by atoms with Gasteiger partial charge >= 0.3 is 0 Å². The van der Waals surface area contributed by atoms with Crippen LogP contribution in [0.1, 0.15) is 56.6 Å². The summed E-state index contributed by atoms with van der Waals surface area (Å²) in [5.74, 6) is 1.11. The maximum atomic E-state index is 12.5. The third kappa shape index (κ3) is 6.72. The molecule has 1 aliphatic carbocycles. The number of amides is 2. The summed E-state index contributed by atoms with van der Waals surface area (Å²) in [5, 5.41) is 3.07. The average Bonchev–Trinajstić information content (AvgIpc) is 3.60. The summed E-state index contributed by atoms with van der Waals surface area (Å²) in [6.07, 6.45) is 3.21. The quantitative estimate of drug-likeness (QED) is 0.592. The molecule has 0 radical (unpaired) electrons. The smallest absolute Gasteiger partial charge is 0.225 e. The molecule has 2 amide bonds. The van der Waals surface area contributed by atoms with Crippen LogP contribution in [0.4, 0.5) is 0 Å². The molecule has 0 atom stereocenters. The molecular weight excluding hydrogens is 372 g/mol. The maximum absolute atomic E-state index is 12.5. The molecule has 4 heteroatoms. The zero-order valence-corrected chi connectivity index (χ0v) is 18.2. The normalized spacial score (nSPS) is 13.5. The standard InChI is InChI=1S/C26H34N2O2/c1-20(2)19-28(26(30)23-13-14-23)18-16-25(29)27-17-15-24(21-9-5-3-6-10-21)22-11-7-4-8-12-22/h3-12,20,23-24H,13-19H2,1-2H3,(H,27,29). The lowest BCUT2D eigenvalue weighted by Crippen LogP contribution is -2.38. The van der Waals surface area contributed by atoms with Crippen molar-refractivity contribution in [1.29, 1.82) is 0 Å². The molecule has 0 aliphatic heterocycles. The molecule has 0 bridgehead atoms. The van der Waals surface area contributed by atoms with E-state index >= 15 is 0 Å². The summed E-state index contributed by atoms with van der Waals surface area (Å²) in [6.45, 7) is 6.09.